The number of nitrogens with one attached hydrogen (secondary N) is 3. The SMILES string of the molecule is Cc1ccc(-c2noc([C@H]3C[C@@H]3F)n2)cc1NC(=O)c1cnc(-c2ccc3[nH]c4c(c3c2)CCNC4)o1. The monoisotopic (exact) mass is 498 g/mol. The summed E-state index contributed by atoms with van der Waals surface area (Å²) in [6, 6.07) is 11.5. The fourth-order valence-electron chi connectivity index (χ4n) is 4.81. The van der Waals surface area contributed by atoms with Crippen molar-refractivity contribution in [3.05, 3.63) is 71.1 Å². The molecule has 3 N–H and O–H groups in total. The Bertz CT molecular complexity index is 1670. The average molecular weight is 499 g/mol. The molecule has 5 aromatic rings. The molecular formula is C27H23FN6O3. The predicted octanol–water partition coefficient (Wildman–Crippen LogP) is 4.90. The van der Waals surface area contributed by atoms with Gasteiger partial charge in [0.15, 0.2) is 0 Å². The van der Waals surface area contributed by atoms with Crippen LogP contribution in [0.3, 0.4) is 0 Å². The predicted molar refractivity (Wildman–Crippen MR) is 134 cm³/mol. The highest BCUT2D eigenvalue weighted by Gasteiger charge is 2.43. The topological polar surface area (TPSA) is 122 Å². The molecule has 1 saturated carbocycles. The number of aromatic amines is 1. The molecule has 1 fully saturated rings. The van der Waals surface area contributed by atoms with Gasteiger partial charge in [-0.2, -0.15) is 4.98 Å². The number of nitrogens with zero attached hydrogens (tertiary/aromatic N) is 3. The summed E-state index contributed by atoms with van der Waals surface area (Å²) in [5, 5.41) is 11.4. The molecule has 37 heavy (non-hydrogen) atoms. The summed E-state index contributed by atoms with van der Waals surface area (Å²) in [6.07, 6.45) is 1.88. The average Bonchev–Trinajstić information content (AvgIpc) is 3.34. The van der Waals surface area contributed by atoms with Crippen molar-refractivity contribution in [2.75, 3.05) is 11.9 Å². The number of anilines is 1. The van der Waals surface area contributed by atoms with Crippen LogP contribution in [-0.2, 0) is 13.0 Å². The molecule has 2 aromatic carbocycles. The molecule has 9 nitrogen and oxygen atoms in total. The second kappa shape index (κ2) is 8.38. The van der Waals surface area contributed by atoms with E-state index < -0.39 is 12.1 Å². The number of aryl methyl sites for hydroxylation is 1. The number of H-pyrrole nitrogens is 1. The van der Waals surface area contributed by atoms with E-state index in [1.165, 1.54) is 17.5 Å². The first-order valence-corrected chi connectivity index (χ1v) is 12.2. The van der Waals surface area contributed by atoms with Crippen LogP contribution in [0.2, 0.25) is 0 Å². The van der Waals surface area contributed by atoms with Crippen LogP contribution in [0.5, 0.6) is 0 Å². The molecule has 1 amide bonds. The molecule has 7 rings (SSSR count). The highest BCUT2D eigenvalue weighted by Crippen LogP contribution is 2.43. The van der Waals surface area contributed by atoms with Crippen molar-refractivity contribution in [3.63, 3.8) is 0 Å². The fraction of sp³-hybridized carbons (Fsp3) is 0.259. The van der Waals surface area contributed by atoms with Crippen LogP contribution < -0.4 is 10.6 Å². The summed E-state index contributed by atoms with van der Waals surface area (Å²) in [5.41, 5.74) is 6.49. The number of alkyl halides is 1. The maximum atomic E-state index is 13.3. The fourth-order valence-corrected chi connectivity index (χ4v) is 4.81. The second-order valence-corrected chi connectivity index (χ2v) is 9.60. The zero-order chi connectivity index (χ0) is 25.1. The van der Waals surface area contributed by atoms with E-state index in [1.807, 2.05) is 31.2 Å². The van der Waals surface area contributed by atoms with Crippen molar-refractivity contribution in [1.82, 2.24) is 25.4 Å². The number of hydrogen-bond acceptors (Lipinski definition) is 7. The maximum absolute atomic E-state index is 13.3. The molecule has 1 aliphatic carbocycles. The molecule has 0 saturated heterocycles. The van der Waals surface area contributed by atoms with Gasteiger partial charge in [0.1, 0.15) is 6.17 Å². The van der Waals surface area contributed by atoms with Crippen molar-refractivity contribution in [2.24, 2.45) is 0 Å². The Kier molecular flexibility index (Phi) is 4.97. The Morgan fingerprint density at radius 3 is 2.92 bits per heavy atom. The molecule has 0 spiro atoms. The highest BCUT2D eigenvalue weighted by molar-refractivity contribution is 6.03. The molecule has 0 radical (unpaired) electrons. The van der Waals surface area contributed by atoms with Crippen molar-refractivity contribution in [3.8, 4) is 22.8 Å². The number of carbonyl (C=O) groups excluding carboxylic acids is 1. The molecule has 186 valence electrons. The summed E-state index contributed by atoms with van der Waals surface area (Å²) >= 11 is 0. The third-order valence-corrected chi connectivity index (χ3v) is 7.04. The summed E-state index contributed by atoms with van der Waals surface area (Å²) in [7, 11) is 0. The molecule has 0 unspecified atom stereocenters. The Labute approximate surface area is 210 Å². The molecule has 4 heterocycles. The minimum atomic E-state index is -0.916. The Morgan fingerprint density at radius 1 is 1.19 bits per heavy atom. The first-order chi connectivity index (χ1) is 18.0. The first kappa shape index (κ1) is 21.9. The number of amides is 1. The third kappa shape index (κ3) is 3.89. The molecule has 0 bridgehead atoms. The molecule has 1 aliphatic heterocycles. The minimum absolute atomic E-state index is 0.102. The standard InChI is InChI=1S/C27H23FN6O3/c1-13-2-3-14(24-33-27(37-34-24)18-10-19(18)28)9-21(13)32-25(35)23-12-30-26(36-23)15-4-5-20-17(8-15)16-6-7-29-11-22(16)31-20/h2-5,8-9,12,18-19,29,31H,6-7,10-11H2,1H3,(H,32,35)/t18-,19-/m0/s1. The van der Waals surface area contributed by atoms with Crippen LogP contribution in [0.4, 0.5) is 10.1 Å². The van der Waals surface area contributed by atoms with E-state index in [4.69, 9.17) is 8.94 Å². The van der Waals surface area contributed by atoms with Crippen molar-refractivity contribution < 1.29 is 18.1 Å². The van der Waals surface area contributed by atoms with Gasteiger partial charge in [0, 0.05) is 40.0 Å². The van der Waals surface area contributed by atoms with Crippen molar-refractivity contribution in [2.45, 2.75) is 38.4 Å². The summed E-state index contributed by atoms with van der Waals surface area (Å²) in [6.45, 7) is 3.66. The second-order valence-electron chi connectivity index (χ2n) is 9.60. The van der Waals surface area contributed by atoms with Gasteiger partial charge >= 0.3 is 0 Å². The van der Waals surface area contributed by atoms with Crippen LogP contribution >= 0.6 is 0 Å². The van der Waals surface area contributed by atoms with Gasteiger partial charge in [-0.15, -0.1) is 0 Å². The Morgan fingerprint density at radius 2 is 2.05 bits per heavy atom. The molecule has 3 aromatic heterocycles. The molecule has 2 aliphatic rings. The number of hydrogen-bond donors (Lipinski definition) is 3. The summed E-state index contributed by atoms with van der Waals surface area (Å²) in [4.78, 5) is 25.2. The number of oxazole rings is 1. The van der Waals surface area contributed by atoms with E-state index >= 15 is 0 Å². The van der Waals surface area contributed by atoms with E-state index in [-0.39, 0.29) is 11.7 Å². The zero-order valence-corrected chi connectivity index (χ0v) is 20.0. The summed E-state index contributed by atoms with van der Waals surface area (Å²) < 4.78 is 24.4. The van der Waals surface area contributed by atoms with Gasteiger partial charge in [-0.1, -0.05) is 17.3 Å². The minimum Gasteiger partial charge on any atom is -0.431 e. The summed E-state index contributed by atoms with van der Waals surface area (Å²) in [5.74, 6) is 0.406. The van der Waals surface area contributed by atoms with Gasteiger partial charge in [-0.05, 0) is 61.7 Å². The molecular weight excluding hydrogens is 475 g/mol. The Hall–Kier alpha value is -4.31. The van der Waals surface area contributed by atoms with E-state index in [1.54, 1.807) is 6.07 Å². The van der Waals surface area contributed by atoms with Gasteiger partial charge < -0.3 is 24.6 Å². The largest absolute Gasteiger partial charge is 0.431 e. The lowest BCUT2D eigenvalue weighted by Gasteiger charge is -2.12. The lowest BCUT2D eigenvalue weighted by molar-refractivity contribution is 0.0997. The van der Waals surface area contributed by atoms with E-state index in [9.17, 15) is 9.18 Å². The molecule has 2 atom stereocenters. The van der Waals surface area contributed by atoms with Crippen LogP contribution in [0.15, 0.2) is 51.5 Å². The Balaban J connectivity index is 1.12. The lowest BCUT2D eigenvalue weighted by atomic mass is 10.0. The number of carbonyl (C=O) groups is 1. The van der Waals surface area contributed by atoms with Crippen molar-refractivity contribution >= 4 is 22.5 Å². The first-order valence-electron chi connectivity index (χ1n) is 12.2. The smallest absolute Gasteiger partial charge is 0.293 e. The van der Waals surface area contributed by atoms with Crippen molar-refractivity contribution in [1.29, 1.82) is 0 Å². The van der Waals surface area contributed by atoms with Gasteiger partial charge in [0.2, 0.25) is 23.4 Å². The number of fused-ring (bicyclic) bond motifs is 3. The lowest BCUT2D eigenvalue weighted by Crippen LogP contribution is -2.22. The van der Waals surface area contributed by atoms with Gasteiger partial charge in [0.05, 0.1) is 12.1 Å². The van der Waals surface area contributed by atoms with Gasteiger partial charge in [0.25, 0.3) is 5.91 Å². The normalized spacial score (nSPS) is 18.6. The number of aromatic nitrogens is 4. The van der Waals surface area contributed by atoms with Crippen LogP contribution in [-0.4, -0.2) is 38.7 Å². The number of halogens is 1. The van der Waals surface area contributed by atoms with E-state index in [0.29, 0.717) is 35.3 Å². The zero-order valence-electron chi connectivity index (χ0n) is 20.0. The highest BCUT2D eigenvalue weighted by atomic mass is 19.1. The van der Waals surface area contributed by atoms with E-state index in [0.717, 1.165) is 41.5 Å². The molecule has 10 heteroatoms. The van der Waals surface area contributed by atoms with E-state index in [2.05, 4.69) is 36.8 Å². The van der Waals surface area contributed by atoms with Crippen LogP contribution in [0.25, 0.3) is 33.7 Å². The number of benzene rings is 2. The quantitative estimate of drug-likeness (QED) is 0.315. The van der Waals surface area contributed by atoms with Crippen LogP contribution in [0.1, 0.15) is 45.6 Å². The number of rotatable bonds is 5. The van der Waals surface area contributed by atoms with Crippen LogP contribution in [0, 0.1) is 6.92 Å². The third-order valence-electron chi connectivity index (χ3n) is 7.04. The van der Waals surface area contributed by atoms with Gasteiger partial charge in [-0.3, -0.25) is 4.79 Å². The van der Waals surface area contributed by atoms with Gasteiger partial charge in [-0.25, -0.2) is 9.37 Å². The maximum Gasteiger partial charge on any atom is 0.293 e.